The molecular formula is C26H32F2N8O3. The average molecular weight is 543 g/mol. The first kappa shape index (κ1) is 25.6. The van der Waals surface area contributed by atoms with Crippen LogP contribution in [0.3, 0.4) is 0 Å². The van der Waals surface area contributed by atoms with Crippen LogP contribution < -0.4 is 10.6 Å². The monoisotopic (exact) mass is 542 g/mol. The van der Waals surface area contributed by atoms with Gasteiger partial charge in [-0.3, -0.25) is 4.79 Å². The molecule has 0 radical (unpaired) electrons. The summed E-state index contributed by atoms with van der Waals surface area (Å²) in [6.07, 6.45) is 7.12. The van der Waals surface area contributed by atoms with E-state index in [1.165, 1.54) is 0 Å². The number of carbonyl (C=O) groups excluding carboxylic acids is 2. The van der Waals surface area contributed by atoms with Gasteiger partial charge in [-0.25, -0.2) is 27.7 Å². The van der Waals surface area contributed by atoms with Crippen LogP contribution in [-0.2, 0) is 6.54 Å². The minimum atomic E-state index is -2.70. The van der Waals surface area contributed by atoms with E-state index in [1.807, 2.05) is 13.0 Å². The largest absolute Gasteiger partial charge is 0.342 e. The second-order valence-corrected chi connectivity index (χ2v) is 11.2. The van der Waals surface area contributed by atoms with Gasteiger partial charge in [-0.15, -0.1) is 0 Å². The molecule has 3 aromatic rings. The van der Waals surface area contributed by atoms with Gasteiger partial charge >= 0.3 is 6.03 Å². The SMILES string of the molecule is C[C@@H]1CCCN(Cc2cnn3cc([C@@H](NC(=O)c4nonc4C4CC4)C4CCC(F)(F)CC4)nc3c2)C(=O)N1. The molecule has 2 atom stereocenters. The molecule has 3 aromatic heterocycles. The Morgan fingerprint density at radius 1 is 1.23 bits per heavy atom. The zero-order valence-electron chi connectivity index (χ0n) is 21.8. The topological polar surface area (TPSA) is 131 Å². The highest BCUT2D eigenvalue weighted by molar-refractivity contribution is 5.93. The molecule has 6 rings (SSSR count). The standard InChI is InChI=1S/C26H32F2N8O3/c1-15-3-2-10-35(25(38)30-15)13-16-11-20-31-19(14-36(20)29-12-16)21(18-6-8-26(27,28)9-7-18)32-24(37)23-22(17-4-5-17)33-39-34-23/h11-12,14-15,17-18,21H,2-10,13H2,1H3,(H,30,38)(H,32,37)/t15-,21+/m1/s1. The number of halogens is 2. The summed E-state index contributed by atoms with van der Waals surface area (Å²) in [6, 6.07) is 1.28. The van der Waals surface area contributed by atoms with Gasteiger partial charge in [-0.05, 0) is 68.2 Å². The van der Waals surface area contributed by atoms with Gasteiger partial charge in [-0.1, -0.05) is 5.16 Å². The lowest BCUT2D eigenvalue weighted by Crippen LogP contribution is -2.40. The maximum Gasteiger partial charge on any atom is 0.317 e. The second-order valence-electron chi connectivity index (χ2n) is 11.2. The van der Waals surface area contributed by atoms with Crippen molar-refractivity contribution < 1.29 is 23.0 Å². The molecule has 0 unspecified atom stereocenters. The lowest BCUT2D eigenvalue weighted by atomic mass is 9.81. The Labute approximate surface area is 223 Å². The molecular weight excluding hydrogens is 510 g/mol. The molecule has 1 aliphatic heterocycles. The third-order valence-corrected chi connectivity index (χ3v) is 8.02. The van der Waals surface area contributed by atoms with E-state index in [4.69, 9.17) is 9.61 Å². The Hall–Kier alpha value is -3.64. The number of amides is 3. The van der Waals surface area contributed by atoms with E-state index in [0.29, 0.717) is 30.1 Å². The predicted octanol–water partition coefficient (Wildman–Crippen LogP) is 3.98. The zero-order valence-corrected chi connectivity index (χ0v) is 21.8. The Balaban J connectivity index is 1.25. The molecule has 13 heteroatoms. The summed E-state index contributed by atoms with van der Waals surface area (Å²) in [5.41, 5.74) is 2.58. The van der Waals surface area contributed by atoms with Crippen molar-refractivity contribution in [3.8, 4) is 0 Å². The fourth-order valence-corrected chi connectivity index (χ4v) is 5.62. The van der Waals surface area contributed by atoms with E-state index >= 15 is 0 Å². The number of rotatable bonds is 7. The van der Waals surface area contributed by atoms with Crippen LogP contribution >= 0.6 is 0 Å². The normalized spacial score (nSPS) is 22.9. The van der Waals surface area contributed by atoms with Crippen molar-refractivity contribution in [1.29, 1.82) is 0 Å². The molecule has 1 saturated heterocycles. The Morgan fingerprint density at radius 3 is 2.79 bits per heavy atom. The van der Waals surface area contributed by atoms with Crippen molar-refractivity contribution in [2.75, 3.05) is 6.54 Å². The van der Waals surface area contributed by atoms with E-state index in [0.717, 1.165) is 31.2 Å². The van der Waals surface area contributed by atoms with Gasteiger partial charge in [0.15, 0.2) is 11.3 Å². The molecule has 2 aliphatic carbocycles. The predicted molar refractivity (Wildman–Crippen MR) is 134 cm³/mol. The molecule has 0 aromatic carbocycles. The highest BCUT2D eigenvalue weighted by Crippen LogP contribution is 2.42. The van der Waals surface area contributed by atoms with Gasteiger partial charge in [0, 0.05) is 37.9 Å². The smallest absolute Gasteiger partial charge is 0.317 e. The van der Waals surface area contributed by atoms with Gasteiger partial charge in [0.25, 0.3) is 5.91 Å². The molecule has 3 aliphatic rings. The number of imidazole rings is 1. The highest BCUT2D eigenvalue weighted by atomic mass is 19.3. The lowest BCUT2D eigenvalue weighted by molar-refractivity contribution is -0.0495. The number of hydrogen-bond acceptors (Lipinski definition) is 7. The minimum absolute atomic E-state index is 0.103. The van der Waals surface area contributed by atoms with Crippen LogP contribution in [0.1, 0.15) is 97.7 Å². The second kappa shape index (κ2) is 10.2. The molecule has 3 fully saturated rings. The molecule has 0 bridgehead atoms. The van der Waals surface area contributed by atoms with Crippen LogP contribution in [0.5, 0.6) is 0 Å². The molecule has 2 saturated carbocycles. The first-order valence-electron chi connectivity index (χ1n) is 13.7. The number of nitrogens with zero attached hydrogens (tertiary/aromatic N) is 6. The number of aromatic nitrogens is 5. The third-order valence-electron chi connectivity index (χ3n) is 8.02. The molecule has 3 amide bonds. The van der Waals surface area contributed by atoms with E-state index in [1.54, 1.807) is 21.8 Å². The van der Waals surface area contributed by atoms with Crippen molar-refractivity contribution in [1.82, 2.24) is 40.4 Å². The number of nitrogens with one attached hydrogen (secondary N) is 2. The summed E-state index contributed by atoms with van der Waals surface area (Å²) in [5.74, 6) is -3.22. The van der Waals surface area contributed by atoms with Crippen LogP contribution in [0.2, 0.25) is 0 Å². The van der Waals surface area contributed by atoms with E-state index in [-0.39, 0.29) is 55.3 Å². The van der Waals surface area contributed by atoms with Crippen LogP contribution in [0.25, 0.3) is 5.65 Å². The summed E-state index contributed by atoms with van der Waals surface area (Å²) in [7, 11) is 0. The first-order valence-corrected chi connectivity index (χ1v) is 13.7. The Kier molecular flexibility index (Phi) is 6.67. The fourth-order valence-electron chi connectivity index (χ4n) is 5.62. The van der Waals surface area contributed by atoms with Gasteiger partial charge in [0.05, 0.1) is 24.1 Å². The number of hydrogen-bond donors (Lipinski definition) is 2. The molecule has 4 heterocycles. The van der Waals surface area contributed by atoms with Gasteiger partial charge in [0.1, 0.15) is 5.69 Å². The zero-order chi connectivity index (χ0) is 27.1. The Morgan fingerprint density at radius 2 is 2.03 bits per heavy atom. The lowest BCUT2D eigenvalue weighted by Gasteiger charge is -2.33. The third kappa shape index (κ3) is 5.57. The summed E-state index contributed by atoms with van der Waals surface area (Å²) in [6.45, 7) is 3.04. The van der Waals surface area contributed by atoms with Crippen molar-refractivity contribution in [3.63, 3.8) is 0 Å². The summed E-state index contributed by atoms with van der Waals surface area (Å²) in [4.78, 5) is 32.3. The first-order chi connectivity index (χ1) is 18.8. The molecule has 11 nitrogen and oxygen atoms in total. The van der Waals surface area contributed by atoms with E-state index < -0.39 is 17.9 Å². The van der Waals surface area contributed by atoms with Crippen LogP contribution in [0, 0.1) is 5.92 Å². The van der Waals surface area contributed by atoms with Gasteiger partial charge in [0.2, 0.25) is 5.92 Å². The highest BCUT2D eigenvalue weighted by Gasteiger charge is 2.40. The van der Waals surface area contributed by atoms with Crippen LogP contribution in [-0.4, -0.2) is 60.3 Å². The summed E-state index contributed by atoms with van der Waals surface area (Å²) in [5, 5.41) is 18.2. The Bertz CT molecular complexity index is 1360. The number of carbonyl (C=O) groups is 2. The molecule has 39 heavy (non-hydrogen) atoms. The quantitative estimate of drug-likeness (QED) is 0.462. The van der Waals surface area contributed by atoms with E-state index in [9.17, 15) is 18.4 Å². The number of alkyl halides is 2. The number of fused-ring (bicyclic) bond motifs is 1. The summed E-state index contributed by atoms with van der Waals surface area (Å²) >= 11 is 0. The maximum absolute atomic E-state index is 14.0. The van der Waals surface area contributed by atoms with Crippen molar-refractivity contribution in [3.05, 3.63) is 41.1 Å². The maximum atomic E-state index is 14.0. The van der Waals surface area contributed by atoms with Crippen LogP contribution in [0.15, 0.2) is 23.1 Å². The van der Waals surface area contributed by atoms with E-state index in [2.05, 4.69) is 26.0 Å². The van der Waals surface area contributed by atoms with Crippen molar-refractivity contribution in [2.24, 2.45) is 5.92 Å². The number of urea groups is 1. The summed E-state index contributed by atoms with van der Waals surface area (Å²) < 4.78 is 34.4. The molecule has 0 spiro atoms. The average Bonchev–Trinajstić information content (AvgIpc) is 3.51. The van der Waals surface area contributed by atoms with Crippen LogP contribution in [0.4, 0.5) is 13.6 Å². The molecule has 2 N–H and O–H groups in total. The van der Waals surface area contributed by atoms with Gasteiger partial charge in [-0.2, -0.15) is 5.10 Å². The fraction of sp³-hybridized carbons (Fsp3) is 0.615. The van der Waals surface area contributed by atoms with Crippen molar-refractivity contribution in [2.45, 2.75) is 88.8 Å². The van der Waals surface area contributed by atoms with Gasteiger partial charge < -0.3 is 15.5 Å². The minimum Gasteiger partial charge on any atom is -0.342 e. The van der Waals surface area contributed by atoms with Crippen molar-refractivity contribution >= 4 is 17.6 Å². The molecule has 208 valence electrons.